The number of benzene rings is 2. The number of aromatic nitrogens is 3. The van der Waals surface area contributed by atoms with Gasteiger partial charge in [0.25, 0.3) is 5.91 Å². The fourth-order valence-corrected chi connectivity index (χ4v) is 3.76. The number of nitrogens with one attached hydrogen (secondary N) is 1. The van der Waals surface area contributed by atoms with E-state index in [-0.39, 0.29) is 11.7 Å². The highest BCUT2D eigenvalue weighted by Gasteiger charge is 2.16. The molecule has 1 aromatic heterocycles. The first-order valence-corrected chi connectivity index (χ1v) is 10.9. The number of methoxy groups -OCH3 is 2. The summed E-state index contributed by atoms with van der Waals surface area (Å²) in [7, 11) is 3.04. The van der Waals surface area contributed by atoms with Gasteiger partial charge in [-0.2, -0.15) is 0 Å². The number of carbonyl (C=O) groups is 1. The van der Waals surface area contributed by atoms with E-state index in [1.54, 1.807) is 30.3 Å². The summed E-state index contributed by atoms with van der Waals surface area (Å²) in [6.45, 7) is 4.00. The molecule has 0 saturated carbocycles. The molecule has 1 amide bonds. The van der Waals surface area contributed by atoms with Crippen molar-refractivity contribution < 1.29 is 18.7 Å². The maximum Gasteiger partial charge on any atom is 0.251 e. The molecule has 0 aliphatic heterocycles. The molecular weight excluding hydrogens is 455 g/mol. The first-order chi connectivity index (χ1) is 15.4. The standard InChI is InChI=1S/C22H22ClFN4O3S/c1-14(23)13-32-22-27-26-20(28(22)17-6-4-16(24)5-7-17)8-9-25-21(29)15-10-18(30-2)12-19(11-15)31-3/h4-7,10-12H,1,8-9,13H2,2-3H3,(H,25,29). The molecule has 2 aromatic carbocycles. The molecule has 0 aliphatic carbocycles. The second-order valence-corrected chi connectivity index (χ2v) is 8.10. The number of carbonyl (C=O) groups excluding carboxylic acids is 1. The minimum atomic E-state index is -0.340. The van der Waals surface area contributed by atoms with E-state index in [2.05, 4.69) is 22.1 Å². The average molecular weight is 477 g/mol. The Morgan fingerprint density at radius 1 is 1.16 bits per heavy atom. The van der Waals surface area contributed by atoms with Crippen LogP contribution in [0.25, 0.3) is 5.69 Å². The Hall–Kier alpha value is -3.04. The SMILES string of the molecule is C=C(Cl)CSc1nnc(CCNC(=O)c2cc(OC)cc(OC)c2)n1-c1ccc(F)cc1. The molecule has 0 fully saturated rings. The first kappa shape index (κ1) is 23.6. The number of amides is 1. The van der Waals surface area contributed by atoms with Crippen LogP contribution >= 0.6 is 23.4 Å². The van der Waals surface area contributed by atoms with Crippen LogP contribution < -0.4 is 14.8 Å². The number of nitrogens with zero attached hydrogens (tertiary/aromatic N) is 3. The van der Waals surface area contributed by atoms with Crippen LogP contribution in [0.2, 0.25) is 0 Å². The van der Waals surface area contributed by atoms with Gasteiger partial charge in [-0.3, -0.25) is 9.36 Å². The first-order valence-electron chi connectivity index (χ1n) is 9.59. The molecule has 0 radical (unpaired) electrons. The monoisotopic (exact) mass is 476 g/mol. The van der Waals surface area contributed by atoms with Crippen molar-refractivity contribution in [1.29, 1.82) is 0 Å². The van der Waals surface area contributed by atoms with Crippen molar-refractivity contribution >= 4 is 29.3 Å². The van der Waals surface area contributed by atoms with Crippen LogP contribution in [0.3, 0.4) is 0 Å². The predicted molar refractivity (Wildman–Crippen MR) is 123 cm³/mol. The molecular formula is C22H22ClFN4O3S. The van der Waals surface area contributed by atoms with Gasteiger partial charge in [-0.1, -0.05) is 29.9 Å². The Morgan fingerprint density at radius 2 is 1.81 bits per heavy atom. The zero-order chi connectivity index (χ0) is 23.1. The smallest absolute Gasteiger partial charge is 0.251 e. The van der Waals surface area contributed by atoms with Gasteiger partial charge in [0, 0.05) is 41.1 Å². The minimum Gasteiger partial charge on any atom is -0.497 e. The predicted octanol–water partition coefficient (Wildman–Crippen LogP) is 4.24. The lowest BCUT2D eigenvalue weighted by Crippen LogP contribution is -2.26. The van der Waals surface area contributed by atoms with Gasteiger partial charge in [0.15, 0.2) is 5.16 Å². The molecule has 3 aromatic rings. The molecule has 0 atom stereocenters. The van der Waals surface area contributed by atoms with E-state index in [1.165, 1.54) is 38.1 Å². The van der Waals surface area contributed by atoms with Crippen LogP contribution in [-0.2, 0) is 6.42 Å². The third-order valence-electron chi connectivity index (χ3n) is 4.39. The fraction of sp³-hybridized carbons (Fsp3) is 0.227. The highest BCUT2D eigenvalue weighted by molar-refractivity contribution is 7.99. The molecule has 10 heteroatoms. The van der Waals surface area contributed by atoms with Crippen molar-refractivity contribution in [3.05, 3.63) is 71.3 Å². The van der Waals surface area contributed by atoms with Crippen molar-refractivity contribution in [2.75, 3.05) is 26.5 Å². The molecule has 1 N–H and O–H groups in total. The fourth-order valence-electron chi connectivity index (χ4n) is 2.88. The molecule has 0 aliphatic rings. The van der Waals surface area contributed by atoms with Gasteiger partial charge in [-0.15, -0.1) is 10.2 Å². The second-order valence-electron chi connectivity index (χ2n) is 6.62. The summed E-state index contributed by atoms with van der Waals surface area (Å²) < 4.78 is 25.6. The number of halogens is 2. The number of hydrogen-bond acceptors (Lipinski definition) is 6. The summed E-state index contributed by atoms with van der Waals surface area (Å²) in [6.07, 6.45) is 0.402. The van der Waals surface area contributed by atoms with Crippen LogP contribution in [0, 0.1) is 5.82 Å². The van der Waals surface area contributed by atoms with E-state index in [0.717, 1.165) is 0 Å². The lowest BCUT2D eigenvalue weighted by atomic mass is 10.2. The molecule has 7 nitrogen and oxygen atoms in total. The van der Waals surface area contributed by atoms with E-state index in [4.69, 9.17) is 21.1 Å². The number of thioether (sulfide) groups is 1. The zero-order valence-electron chi connectivity index (χ0n) is 17.6. The number of rotatable bonds is 10. The van der Waals surface area contributed by atoms with E-state index in [9.17, 15) is 9.18 Å². The van der Waals surface area contributed by atoms with Crippen LogP contribution in [0.1, 0.15) is 16.2 Å². The van der Waals surface area contributed by atoms with Gasteiger partial charge < -0.3 is 14.8 Å². The van der Waals surface area contributed by atoms with Crippen LogP contribution in [-0.4, -0.2) is 47.2 Å². The highest BCUT2D eigenvalue weighted by Crippen LogP contribution is 2.25. The Labute approximate surface area is 194 Å². The minimum absolute atomic E-state index is 0.275. The Morgan fingerprint density at radius 3 is 2.41 bits per heavy atom. The quantitative estimate of drug-likeness (QED) is 0.441. The highest BCUT2D eigenvalue weighted by atomic mass is 35.5. The van der Waals surface area contributed by atoms with Crippen molar-refractivity contribution in [3.8, 4) is 17.2 Å². The van der Waals surface area contributed by atoms with Gasteiger partial charge in [0.2, 0.25) is 0 Å². The van der Waals surface area contributed by atoms with Gasteiger partial charge in [-0.25, -0.2) is 4.39 Å². The number of hydrogen-bond donors (Lipinski definition) is 1. The summed E-state index contributed by atoms with van der Waals surface area (Å²) in [5, 5.41) is 12.4. The second kappa shape index (κ2) is 11.0. The Balaban J connectivity index is 1.75. The van der Waals surface area contributed by atoms with E-state index in [0.29, 0.717) is 57.5 Å². The molecule has 0 unspecified atom stereocenters. The van der Waals surface area contributed by atoms with Gasteiger partial charge in [-0.05, 0) is 36.4 Å². The van der Waals surface area contributed by atoms with Gasteiger partial charge in [0.1, 0.15) is 23.1 Å². The molecule has 0 saturated heterocycles. The lowest BCUT2D eigenvalue weighted by Gasteiger charge is -2.11. The Kier molecular flexibility index (Phi) is 8.13. The zero-order valence-corrected chi connectivity index (χ0v) is 19.2. The molecule has 32 heavy (non-hydrogen) atoms. The topological polar surface area (TPSA) is 78.3 Å². The third kappa shape index (κ3) is 6.02. The van der Waals surface area contributed by atoms with Crippen LogP contribution in [0.4, 0.5) is 4.39 Å². The Bertz CT molecular complexity index is 1080. The van der Waals surface area contributed by atoms with Gasteiger partial charge in [0.05, 0.1) is 14.2 Å². The number of ether oxygens (including phenoxy) is 2. The van der Waals surface area contributed by atoms with Gasteiger partial charge >= 0.3 is 0 Å². The van der Waals surface area contributed by atoms with E-state index >= 15 is 0 Å². The van der Waals surface area contributed by atoms with Crippen molar-refractivity contribution in [2.45, 2.75) is 11.6 Å². The molecule has 1 heterocycles. The van der Waals surface area contributed by atoms with Crippen LogP contribution in [0.5, 0.6) is 11.5 Å². The summed E-state index contributed by atoms with van der Waals surface area (Å²) in [4.78, 5) is 12.6. The molecule has 0 bridgehead atoms. The maximum atomic E-state index is 13.4. The molecule has 0 spiro atoms. The van der Waals surface area contributed by atoms with Crippen molar-refractivity contribution in [2.24, 2.45) is 0 Å². The largest absolute Gasteiger partial charge is 0.497 e. The third-order valence-corrected chi connectivity index (χ3v) is 5.70. The van der Waals surface area contributed by atoms with Crippen LogP contribution in [0.15, 0.2) is 59.2 Å². The van der Waals surface area contributed by atoms with E-state index < -0.39 is 0 Å². The summed E-state index contributed by atoms with van der Waals surface area (Å²) >= 11 is 7.25. The lowest BCUT2D eigenvalue weighted by molar-refractivity contribution is 0.0953. The summed E-state index contributed by atoms with van der Waals surface area (Å²) in [5.74, 6) is 1.50. The normalized spacial score (nSPS) is 10.6. The van der Waals surface area contributed by atoms with Crippen molar-refractivity contribution in [3.63, 3.8) is 0 Å². The average Bonchev–Trinajstić information content (AvgIpc) is 3.20. The summed E-state index contributed by atoms with van der Waals surface area (Å²) in [6, 6.07) is 11.0. The molecule has 168 valence electrons. The van der Waals surface area contributed by atoms with E-state index in [1.807, 2.05) is 4.57 Å². The molecule has 3 rings (SSSR count). The summed E-state index contributed by atoms with van der Waals surface area (Å²) in [5.41, 5.74) is 1.12. The van der Waals surface area contributed by atoms with Crippen molar-refractivity contribution in [1.82, 2.24) is 20.1 Å². The maximum absolute atomic E-state index is 13.4.